The van der Waals surface area contributed by atoms with Gasteiger partial charge in [-0.3, -0.25) is 9.59 Å². The molecule has 0 spiro atoms. The molecule has 0 bridgehead atoms. The summed E-state index contributed by atoms with van der Waals surface area (Å²) in [5.74, 6) is 0. The summed E-state index contributed by atoms with van der Waals surface area (Å²) in [5, 5.41) is 0. The van der Waals surface area contributed by atoms with Gasteiger partial charge in [0, 0.05) is 0 Å². The van der Waals surface area contributed by atoms with Gasteiger partial charge in [-0.1, -0.05) is 0 Å². The van der Waals surface area contributed by atoms with Crippen molar-refractivity contribution in [1.82, 2.24) is 9.97 Å². The van der Waals surface area contributed by atoms with E-state index in [1.54, 1.807) is 0 Å². The van der Waals surface area contributed by atoms with Gasteiger partial charge in [-0.25, -0.2) is 9.97 Å². The lowest BCUT2D eigenvalue weighted by Gasteiger charge is -1.86. The summed E-state index contributed by atoms with van der Waals surface area (Å²) in [6.07, 6.45) is 0. The van der Waals surface area contributed by atoms with Crippen LogP contribution in [0.15, 0.2) is 21.7 Å². The summed E-state index contributed by atoms with van der Waals surface area (Å²) in [4.78, 5) is 29.1. The van der Waals surface area contributed by atoms with Gasteiger partial charge in [0.05, 0.1) is 0 Å². The average molecular weight is 210 g/mol. The Bertz CT molecular complexity index is 669. The van der Waals surface area contributed by atoms with Crippen molar-refractivity contribution in [3.63, 3.8) is 0 Å². The van der Waals surface area contributed by atoms with Crippen LogP contribution in [0.1, 0.15) is 0 Å². The van der Waals surface area contributed by atoms with Crippen molar-refractivity contribution in [3.8, 4) is 11.4 Å². The fourth-order valence-corrected chi connectivity index (χ4v) is 1.38. The first-order valence-electron chi connectivity index (χ1n) is 3.50. The van der Waals surface area contributed by atoms with Crippen LogP contribution >= 0.6 is 0 Å². The molecule has 1 heterocycles. The van der Waals surface area contributed by atoms with E-state index in [-0.39, 0.29) is 11.4 Å². The average Bonchev–Trinajstić information content (AvgIpc) is 2.57. The molecule has 7 heteroatoms. The highest BCUT2D eigenvalue weighted by Crippen LogP contribution is 2.05. The van der Waals surface area contributed by atoms with Crippen molar-refractivity contribution < 1.29 is 8.42 Å². The quantitative estimate of drug-likeness (QED) is 0.496. The Hall–Kier alpha value is -1.89. The van der Waals surface area contributed by atoms with Gasteiger partial charge in [0.1, 0.15) is 11.4 Å². The van der Waals surface area contributed by atoms with Crippen LogP contribution in [0, 0.1) is 4.77 Å². The van der Waals surface area contributed by atoms with E-state index in [2.05, 4.69) is 9.97 Å². The first-order valence-corrected chi connectivity index (χ1v) is 4.58. The molecule has 0 unspecified atom stereocenters. The SMILES string of the molecule is O=c1ccc(=O)c2nc(=S(=O)=O)nc1-2. The molecule has 70 valence electrons. The van der Waals surface area contributed by atoms with E-state index in [9.17, 15) is 18.0 Å². The zero-order valence-corrected chi connectivity index (χ0v) is 7.41. The van der Waals surface area contributed by atoms with Crippen LogP contribution in [-0.4, -0.2) is 18.4 Å². The van der Waals surface area contributed by atoms with Gasteiger partial charge in [0.2, 0.25) is 10.9 Å². The molecule has 0 aromatic carbocycles. The van der Waals surface area contributed by atoms with E-state index in [0.717, 1.165) is 12.1 Å². The van der Waals surface area contributed by atoms with E-state index in [1.807, 2.05) is 0 Å². The lowest BCUT2D eigenvalue weighted by Crippen LogP contribution is -2.13. The van der Waals surface area contributed by atoms with Crippen molar-refractivity contribution in [3.05, 3.63) is 37.4 Å². The second-order valence-electron chi connectivity index (χ2n) is 2.50. The highest BCUT2D eigenvalue weighted by atomic mass is 32.2. The largest absolute Gasteiger partial charge is 0.287 e. The molecule has 1 aliphatic carbocycles. The number of hydrogen-bond donors (Lipinski definition) is 0. The van der Waals surface area contributed by atoms with E-state index >= 15 is 0 Å². The molecule has 1 aliphatic heterocycles. The van der Waals surface area contributed by atoms with Crippen LogP contribution in [0.5, 0.6) is 0 Å². The van der Waals surface area contributed by atoms with Crippen LogP contribution in [0.4, 0.5) is 0 Å². The molecule has 0 N–H and O–H groups in total. The molecule has 0 amide bonds. The fourth-order valence-electron chi connectivity index (χ4n) is 1.05. The number of fused-ring (bicyclic) bond motifs is 1. The third kappa shape index (κ3) is 1.14. The minimum atomic E-state index is -2.63. The fraction of sp³-hybridized carbons (Fsp3) is 0. The molecule has 14 heavy (non-hydrogen) atoms. The predicted octanol–water partition coefficient (Wildman–Crippen LogP) is -1.41. The first-order chi connectivity index (χ1) is 6.59. The summed E-state index contributed by atoms with van der Waals surface area (Å²) < 4.78 is 20.4. The Labute approximate surface area is 78.1 Å². The van der Waals surface area contributed by atoms with Crippen molar-refractivity contribution in [1.29, 1.82) is 0 Å². The summed E-state index contributed by atoms with van der Waals surface area (Å²) in [5.41, 5.74) is -1.42. The summed E-state index contributed by atoms with van der Waals surface area (Å²) in [6, 6.07) is 2.08. The zero-order chi connectivity index (χ0) is 10.3. The topological polar surface area (TPSA) is 94.1 Å². The number of imidazole rings is 1. The van der Waals surface area contributed by atoms with E-state index < -0.39 is 25.9 Å². The van der Waals surface area contributed by atoms with E-state index in [4.69, 9.17) is 0 Å². The number of aromatic nitrogens is 2. The zero-order valence-electron chi connectivity index (χ0n) is 6.59. The third-order valence-electron chi connectivity index (χ3n) is 1.64. The number of rotatable bonds is 0. The van der Waals surface area contributed by atoms with Crippen LogP contribution in [-0.2, 0) is 10.3 Å². The molecular formula is C7H2N2O4S. The van der Waals surface area contributed by atoms with Gasteiger partial charge in [-0.05, 0) is 12.1 Å². The van der Waals surface area contributed by atoms with Gasteiger partial charge in [0.25, 0.3) is 15.1 Å². The van der Waals surface area contributed by atoms with Crippen LogP contribution in [0.2, 0.25) is 0 Å². The van der Waals surface area contributed by atoms with Gasteiger partial charge in [-0.2, -0.15) is 8.42 Å². The molecule has 0 saturated carbocycles. The normalized spacial score (nSPS) is 10.6. The van der Waals surface area contributed by atoms with Crippen LogP contribution in [0.3, 0.4) is 0 Å². The maximum absolute atomic E-state index is 11.1. The maximum Gasteiger partial charge on any atom is 0.277 e. The van der Waals surface area contributed by atoms with Gasteiger partial charge in [-0.15, -0.1) is 0 Å². The van der Waals surface area contributed by atoms with Gasteiger partial charge < -0.3 is 0 Å². The molecule has 0 fully saturated rings. The van der Waals surface area contributed by atoms with Crippen molar-refractivity contribution in [2.45, 2.75) is 0 Å². The lowest BCUT2D eigenvalue weighted by atomic mass is 10.2. The van der Waals surface area contributed by atoms with Gasteiger partial charge in [0.15, 0.2) is 0 Å². The second kappa shape index (κ2) is 2.81. The summed E-state index contributed by atoms with van der Waals surface area (Å²) in [6.45, 7) is 0. The smallest absolute Gasteiger partial charge is 0.277 e. The van der Waals surface area contributed by atoms with Crippen molar-refractivity contribution in [2.75, 3.05) is 0 Å². The predicted molar refractivity (Wildman–Crippen MR) is 45.7 cm³/mol. The van der Waals surface area contributed by atoms with Crippen molar-refractivity contribution in [2.24, 2.45) is 0 Å². The molecule has 0 saturated heterocycles. The number of nitrogens with zero attached hydrogens (tertiary/aromatic N) is 2. The third-order valence-corrected chi connectivity index (χ3v) is 2.12. The Morgan fingerprint density at radius 2 is 1.36 bits per heavy atom. The van der Waals surface area contributed by atoms with E-state index in [0.29, 0.717) is 0 Å². The summed E-state index contributed by atoms with van der Waals surface area (Å²) in [7, 11) is -2.63. The second-order valence-corrected chi connectivity index (χ2v) is 3.33. The molecule has 2 rings (SSSR count). The number of hydrogen-bond acceptors (Lipinski definition) is 6. The molecule has 0 aromatic heterocycles. The van der Waals surface area contributed by atoms with Crippen LogP contribution < -0.4 is 10.9 Å². The van der Waals surface area contributed by atoms with Gasteiger partial charge >= 0.3 is 0 Å². The Kier molecular flexibility index (Phi) is 1.74. The molecule has 6 nitrogen and oxygen atoms in total. The molecule has 0 atom stereocenters. The molecular weight excluding hydrogens is 208 g/mol. The standard InChI is InChI=1S/C7H2N2O4S/c10-3-1-2-4(11)6-5(3)8-7(9-6)14(12)13/h1-2H. The highest BCUT2D eigenvalue weighted by molar-refractivity contribution is 7.63. The summed E-state index contributed by atoms with van der Waals surface area (Å²) >= 11 is 0. The Balaban J connectivity index is 3.20. The minimum Gasteiger partial charge on any atom is -0.287 e. The molecule has 0 radical (unpaired) electrons. The Morgan fingerprint density at radius 1 is 0.929 bits per heavy atom. The maximum atomic E-state index is 11.1. The molecule has 2 aliphatic rings. The molecule has 0 aromatic rings. The Morgan fingerprint density at radius 3 is 1.71 bits per heavy atom. The highest BCUT2D eigenvalue weighted by Gasteiger charge is 2.15. The van der Waals surface area contributed by atoms with Crippen LogP contribution in [0.25, 0.3) is 11.4 Å². The number of benzene rings is 1. The van der Waals surface area contributed by atoms with Crippen molar-refractivity contribution >= 4 is 10.3 Å². The van der Waals surface area contributed by atoms with E-state index in [1.165, 1.54) is 0 Å². The minimum absolute atomic E-state index is 0.197. The monoisotopic (exact) mass is 210 g/mol. The lowest BCUT2D eigenvalue weighted by molar-refractivity contribution is 0.623. The first kappa shape index (κ1) is 8.70.